The molecule has 0 atom stereocenters. The van der Waals surface area contributed by atoms with Gasteiger partial charge in [0.2, 0.25) is 11.8 Å². The molecule has 0 aliphatic carbocycles. The summed E-state index contributed by atoms with van der Waals surface area (Å²) in [6.45, 7) is 4.04. The number of primary amides is 1. The number of anilines is 4. The third kappa shape index (κ3) is 4.41. The second-order valence-electron chi connectivity index (χ2n) is 8.25. The number of fused-ring (bicyclic) bond motifs is 1. The van der Waals surface area contributed by atoms with Crippen molar-refractivity contribution in [1.29, 1.82) is 0 Å². The van der Waals surface area contributed by atoms with E-state index in [1.165, 1.54) is 12.4 Å². The van der Waals surface area contributed by atoms with E-state index >= 15 is 0 Å². The molecule has 5 rings (SSSR count). The third-order valence-corrected chi connectivity index (χ3v) is 5.44. The van der Waals surface area contributed by atoms with Crippen molar-refractivity contribution in [2.45, 2.75) is 19.9 Å². The number of rotatable bonds is 8. The Morgan fingerprint density at radius 2 is 1.83 bits per heavy atom. The fourth-order valence-electron chi connectivity index (χ4n) is 3.62. The molecule has 3 heterocycles. The van der Waals surface area contributed by atoms with E-state index in [9.17, 15) is 4.79 Å². The van der Waals surface area contributed by atoms with Crippen LogP contribution < -0.4 is 21.1 Å². The summed E-state index contributed by atoms with van der Waals surface area (Å²) in [5, 5.41) is 11.2. The van der Waals surface area contributed by atoms with Crippen LogP contribution in [0.1, 0.15) is 30.2 Å². The maximum Gasteiger partial charge on any atom is 0.251 e. The van der Waals surface area contributed by atoms with Crippen molar-refractivity contribution in [3.8, 4) is 17.2 Å². The largest absolute Gasteiger partial charge is 0.494 e. The van der Waals surface area contributed by atoms with Crippen LogP contribution in [0.3, 0.4) is 0 Å². The van der Waals surface area contributed by atoms with Gasteiger partial charge in [0, 0.05) is 18.4 Å². The molecule has 0 saturated carbocycles. The highest BCUT2D eigenvalue weighted by Crippen LogP contribution is 2.39. The molecule has 0 aliphatic heterocycles. The van der Waals surface area contributed by atoms with Crippen molar-refractivity contribution < 1.29 is 13.9 Å². The highest BCUT2D eigenvalue weighted by Gasteiger charge is 2.19. The quantitative estimate of drug-likeness (QED) is 0.286. The zero-order valence-electron chi connectivity index (χ0n) is 19.9. The van der Waals surface area contributed by atoms with Gasteiger partial charge in [0.05, 0.1) is 30.1 Å². The highest BCUT2D eigenvalue weighted by molar-refractivity contribution is 5.92. The lowest BCUT2D eigenvalue weighted by molar-refractivity contribution is 0.0999. The van der Waals surface area contributed by atoms with E-state index in [0.29, 0.717) is 45.9 Å². The maximum absolute atomic E-state index is 11.3. The minimum absolute atomic E-state index is 0.104. The third-order valence-electron chi connectivity index (χ3n) is 5.44. The summed E-state index contributed by atoms with van der Waals surface area (Å²) in [6.07, 6.45) is 4.57. The molecule has 0 bridgehead atoms. The average molecular weight is 485 g/mol. The number of aromatic nitrogens is 5. The summed E-state index contributed by atoms with van der Waals surface area (Å²) < 4.78 is 13.5. The smallest absolute Gasteiger partial charge is 0.251 e. The first-order valence-corrected chi connectivity index (χ1v) is 11.2. The van der Waals surface area contributed by atoms with Crippen LogP contribution in [-0.4, -0.2) is 37.7 Å². The molecule has 36 heavy (non-hydrogen) atoms. The summed E-state index contributed by atoms with van der Waals surface area (Å²) in [5.74, 6) is 1.22. The number of amides is 1. The van der Waals surface area contributed by atoms with E-state index in [4.69, 9.17) is 14.9 Å². The first-order valence-electron chi connectivity index (χ1n) is 11.2. The molecule has 0 fully saturated rings. The van der Waals surface area contributed by atoms with Gasteiger partial charge in [-0.05, 0) is 38.1 Å². The van der Waals surface area contributed by atoms with E-state index in [-0.39, 0.29) is 11.6 Å². The molecule has 1 amide bonds. The van der Waals surface area contributed by atoms with Gasteiger partial charge in [-0.2, -0.15) is 5.10 Å². The lowest BCUT2D eigenvalue weighted by atomic mass is 10.1. The van der Waals surface area contributed by atoms with Crippen LogP contribution in [0, 0.1) is 0 Å². The van der Waals surface area contributed by atoms with Gasteiger partial charge >= 0.3 is 0 Å². The molecule has 182 valence electrons. The van der Waals surface area contributed by atoms with Crippen molar-refractivity contribution in [3.05, 3.63) is 66.6 Å². The molecule has 3 aromatic heterocycles. The van der Waals surface area contributed by atoms with Gasteiger partial charge in [-0.1, -0.05) is 18.2 Å². The molecule has 0 saturated heterocycles. The van der Waals surface area contributed by atoms with Gasteiger partial charge in [-0.25, -0.2) is 15.0 Å². The van der Waals surface area contributed by atoms with E-state index in [1.807, 2.05) is 62.5 Å². The Labute approximate surface area is 206 Å². The lowest BCUT2D eigenvalue weighted by Crippen LogP contribution is -2.12. The number of benzene rings is 2. The molecule has 5 aromatic rings. The van der Waals surface area contributed by atoms with Crippen LogP contribution in [0.5, 0.6) is 5.75 Å². The summed E-state index contributed by atoms with van der Waals surface area (Å²) >= 11 is 0. The van der Waals surface area contributed by atoms with Gasteiger partial charge in [0.1, 0.15) is 11.2 Å². The van der Waals surface area contributed by atoms with E-state index in [1.54, 1.807) is 11.8 Å². The van der Waals surface area contributed by atoms with Gasteiger partial charge in [0.25, 0.3) is 5.91 Å². The maximum atomic E-state index is 11.3. The number of carbonyl (C=O) groups is 1. The Bertz CT molecular complexity index is 1510. The first-order chi connectivity index (χ1) is 17.4. The van der Waals surface area contributed by atoms with Crippen molar-refractivity contribution in [2.75, 3.05) is 17.7 Å². The Hall–Kier alpha value is -4.93. The first kappa shape index (κ1) is 22.8. The topological polar surface area (TPSA) is 146 Å². The number of ether oxygens (including phenoxy) is 1. The minimum atomic E-state index is -0.595. The van der Waals surface area contributed by atoms with Crippen LogP contribution in [0.15, 0.2) is 65.5 Å². The number of methoxy groups -OCH3 is 1. The predicted molar refractivity (Wildman–Crippen MR) is 136 cm³/mol. The van der Waals surface area contributed by atoms with E-state index < -0.39 is 5.91 Å². The van der Waals surface area contributed by atoms with Crippen LogP contribution >= 0.6 is 0 Å². The SMILES string of the molecule is COc1c(Nc2nn(C(C)C)cc2Nc2ncc(C(N)=O)cn2)cccc1-c1nc2ccccc2o1. The van der Waals surface area contributed by atoms with Crippen molar-refractivity contribution in [1.82, 2.24) is 24.7 Å². The Morgan fingerprint density at radius 3 is 2.53 bits per heavy atom. The predicted octanol–water partition coefficient (Wildman–Crippen LogP) is 4.66. The van der Waals surface area contributed by atoms with E-state index in [2.05, 4.69) is 30.7 Å². The van der Waals surface area contributed by atoms with Crippen molar-refractivity contribution in [3.63, 3.8) is 0 Å². The zero-order chi connectivity index (χ0) is 25.2. The number of oxazole rings is 1. The molecule has 11 heteroatoms. The van der Waals surface area contributed by atoms with Crippen LogP contribution in [0.4, 0.5) is 23.1 Å². The normalized spacial score (nSPS) is 11.1. The van der Waals surface area contributed by atoms with Crippen molar-refractivity contribution >= 4 is 40.1 Å². The van der Waals surface area contributed by atoms with Gasteiger partial charge in [-0.3, -0.25) is 9.48 Å². The molecule has 0 radical (unpaired) electrons. The number of nitrogens with two attached hydrogens (primary N) is 1. The van der Waals surface area contributed by atoms with Gasteiger partial charge < -0.3 is 25.5 Å². The van der Waals surface area contributed by atoms with Crippen molar-refractivity contribution in [2.24, 2.45) is 5.73 Å². The van der Waals surface area contributed by atoms with E-state index in [0.717, 1.165) is 5.52 Å². The average Bonchev–Trinajstić information content (AvgIpc) is 3.48. The molecule has 0 unspecified atom stereocenters. The Morgan fingerprint density at radius 1 is 1.06 bits per heavy atom. The molecule has 0 aliphatic rings. The van der Waals surface area contributed by atoms with Gasteiger partial charge in [-0.15, -0.1) is 0 Å². The molecular weight excluding hydrogens is 460 g/mol. The number of hydrogen-bond acceptors (Lipinski definition) is 9. The Kier molecular flexibility index (Phi) is 5.95. The molecule has 0 spiro atoms. The van der Waals surface area contributed by atoms with Crippen LogP contribution in [-0.2, 0) is 0 Å². The number of nitrogens with one attached hydrogen (secondary N) is 2. The summed E-state index contributed by atoms with van der Waals surface area (Å²) in [5.41, 5.74) is 8.95. The van der Waals surface area contributed by atoms with Crippen LogP contribution in [0.2, 0.25) is 0 Å². The second kappa shape index (κ2) is 9.37. The zero-order valence-corrected chi connectivity index (χ0v) is 19.9. The highest BCUT2D eigenvalue weighted by atomic mass is 16.5. The number of carbonyl (C=O) groups excluding carboxylic acids is 1. The number of hydrogen-bond donors (Lipinski definition) is 3. The molecule has 2 aromatic carbocycles. The second-order valence-corrected chi connectivity index (χ2v) is 8.25. The number of para-hydroxylation sites is 3. The molecular formula is C25H24N8O3. The molecule has 4 N–H and O–H groups in total. The molecule has 11 nitrogen and oxygen atoms in total. The monoisotopic (exact) mass is 484 g/mol. The summed E-state index contributed by atoms with van der Waals surface area (Å²) in [4.78, 5) is 24.3. The summed E-state index contributed by atoms with van der Waals surface area (Å²) in [7, 11) is 1.59. The lowest BCUT2D eigenvalue weighted by Gasteiger charge is -2.13. The minimum Gasteiger partial charge on any atom is -0.494 e. The standard InChI is InChI=1S/C25H24N8O3/c1-14(2)33-13-19(31-25-27-11-15(12-28-25)22(26)34)23(32-33)29-18-9-6-7-16(21(18)35-3)24-30-17-8-4-5-10-20(17)36-24/h4-14H,1-3H3,(H2,26,34)(H,29,32)(H,27,28,31). The Balaban J connectivity index is 1.50. The summed E-state index contributed by atoms with van der Waals surface area (Å²) in [6, 6.07) is 13.3. The fourth-order valence-corrected chi connectivity index (χ4v) is 3.62. The van der Waals surface area contributed by atoms with Gasteiger partial charge in [0.15, 0.2) is 17.2 Å². The van der Waals surface area contributed by atoms with Crippen LogP contribution in [0.25, 0.3) is 22.6 Å². The fraction of sp³-hybridized carbons (Fsp3) is 0.160. The number of nitrogens with zero attached hydrogens (tertiary/aromatic N) is 5.